The molecule has 2 N–H and O–H groups in total. The number of rotatable bonds is 7. The molecule has 0 saturated carbocycles. The molecule has 0 radical (unpaired) electrons. The summed E-state index contributed by atoms with van der Waals surface area (Å²) in [5, 5.41) is 17.6. The first-order chi connectivity index (χ1) is 17.8. The van der Waals surface area contributed by atoms with Gasteiger partial charge in [-0.1, -0.05) is 18.2 Å². The normalized spacial score (nSPS) is 10.5. The number of benzene rings is 3. The molecule has 0 aliphatic carbocycles. The van der Waals surface area contributed by atoms with E-state index < -0.39 is 10.8 Å². The Morgan fingerprint density at radius 1 is 1.00 bits per heavy atom. The summed E-state index contributed by atoms with van der Waals surface area (Å²) in [5.41, 5.74) is 1.62. The van der Waals surface area contributed by atoms with Crippen LogP contribution in [0.5, 0.6) is 23.0 Å². The van der Waals surface area contributed by atoms with Gasteiger partial charge in [-0.15, -0.1) is 0 Å². The number of pyridine rings is 1. The number of anilines is 1. The highest BCUT2D eigenvalue weighted by atomic mass is 32.1. The molecule has 10 nitrogen and oxygen atoms in total. The third kappa shape index (κ3) is 5.57. The Balaban J connectivity index is 1.57. The number of fused-ring (bicyclic) bond motifs is 1. The van der Waals surface area contributed by atoms with Crippen molar-refractivity contribution in [2.24, 2.45) is 0 Å². The van der Waals surface area contributed by atoms with Gasteiger partial charge in [0.25, 0.3) is 11.6 Å². The lowest BCUT2D eigenvalue weighted by molar-refractivity contribution is -0.384. The molecular weight excluding hydrogens is 496 g/mol. The number of thiocarbonyl (C=S) groups is 1. The Morgan fingerprint density at radius 2 is 1.73 bits per heavy atom. The van der Waals surface area contributed by atoms with E-state index in [1.807, 2.05) is 6.07 Å². The predicted molar refractivity (Wildman–Crippen MR) is 143 cm³/mol. The maximum absolute atomic E-state index is 12.5. The standard InChI is InChI=1S/C26H22N4O6S/c1-15-6-4-5-7-17(15)25(31)29-26(37)28-19-9-8-16(12-21(19)30(32)33)36-22-10-11-27-20-14-24(35-3)23(34-2)13-18(20)22/h4-14H,1-3H3,(H2,28,29,31,37). The first kappa shape index (κ1) is 25.3. The van der Waals surface area contributed by atoms with Gasteiger partial charge in [0.1, 0.15) is 17.2 Å². The van der Waals surface area contributed by atoms with Crippen LogP contribution in [-0.2, 0) is 0 Å². The average Bonchev–Trinajstić information content (AvgIpc) is 2.88. The molecule has 4 aromatic rings. The molecule has 1 aromatic heterocycles. The molecular formula is C26H22N4O6S. The summed E-state index contributed by atoms with van der Waals surface area (Å²) in [4.78, 5) is 28.1. The Morgan fingerprint density at radius 3 is 2.43 bits per heavy atom. The van der Waals surface area contributed by atoms with Crippen LogP contribution in [0.25, 0.3) is 10.9 Å². The predicted octanol–water partition coefficient (Wildman–Crippen LogP) is 5.39. The van der Waals surface area contributed by atoms with Gasteiger partial charge in [0.05, 0.1) is 30.7 Å². The van der Waals surface area contributed by atoms with Crippen molar-refractivity contribution in [1.82, 2.24) is 10.3 Å². The van der Waals surface area contributed by atoms with E-state index in [0.717, 1.165) is 5.56 Å². The molecule has 188 valence electrons. The number of nitro groups is 1. The Hall–Kier alpha value is -4.77. The Labute approximate surface area is 217 Å². The van der Waals surface area contributed by atoms with Crippen LogP contribution < -0.4 is 24.8 Å². The van der Waals surface area contributed by atoms with Gasteiger partial charge in [-0.3, -0.25) is 25.2 Å². The fraction of sp³-hybridized carbons (Fsp3) is 0.115. The molecule has 1 heterocycles. The van der Waals surface area contributed by atoms with E-state index in [1.54, 1.807) is 55.6 Å². The Kier molecular flexibility index (Phi) is 7.44. The van der Waals surface area contributed by atoms with Crippen molar-refractivity contribution in [3.63, 3.8) is 0 Å². The van der Waals surface area contributed by atoms with E-state index in [2.05, 4.69) is 15.6 Å². The van der Waals surface area contributed by atoms with Gasteiger partial charge in [0.15, 0.2) is 16.6 Å². The van der Waals surface area contributed by atoms with Crippen molar-refractivity contribution in [1.29, 1.82) is 0 Å². The number of carbonyl (C=O) groups excluding carboxylic acids is 1. The van der Waals surface area contributed by atoms with E-state index in [0.29, 0.717) is 33.7 Å². The third-order valence-corrected chi connectivity index (χ3v) is 5.67. The number of nitrogens with zero attached hydrogens (tertiary/aromatic N) is 2. The molecule has 0 aliphatic heterocycles. The molecule has 0 aliphatic rings. The zero-order chi connectivity index (χ0) is 26.5. The van der Waals surface area contributed by atoms with Gasteiger partial charge >= 0.3 is 0 Å². The van der Waals surface area contributed by atoms with Crippen LogP contribution in [0.3, 0.4) is 0 Å². The lowest BCUT2D eigenvalue weighted by Crippen LogP contribution is -2.34. The fourth-order valence-corrected chi connectivity index (χ4v) is 3.85. The van der Waals surface area contributed by atoms with E-state index in [1.165, 1.54) is 26.4 Å². The molecule has 1 amide bonds. The zero-order valence-electron chi connectivity index (χ0n) is 20.1. The highest BCUT2D eigenvalue weighted by Gasteiger charge is 2.19. The van der Waals surface area contributed by atoms with E-state index >= 15 is 0 Å². The minimum Gasteiger partial charge on any atom is -0.493 e. The first-order valence-corrected chi connectivity index (χ1v) is 11.4. The number of nitrogens with one attached hydrogen (secondary N) is 2. The van der Waals surface area contributed by atoms with E-state index in [-0.39, 0.29) is 22.2 Å². The summed E-state index contributed by atoms with van der Waals surface area (Å²) < 4.78 is 16.7. The molecule has 0 fully saturated rings. The lowest BCUT2D eigenvalue weighted by Gasteiger charge is -2.14. The zero-order valence-corrected chi connectivity index (χ0v) is 20.9. The topological polar surface area (TPSA) is 125 Å². The third-order valence-electron chi connectivity index (χ3n) is 5.47. The average molecular weight is 519 g/mol. The number of hydrogen-bond acceptors (Lipinski definition) is 8. The van der Waals surface area contributed by atoms with E-state index in [4.69, 9.17) is 26.4 Å². The van der Waals surface area contributed by atoms with Gasteiger partial charge in [0, 0.05) is 23.2 Å². The molecule has 0 unspecified atom stereocenters. The largest absolute Gasteiger partial charge is 0.493 e. The summed E-state index contributed by atoms with van der Waals surface area (Å²) >= 11 is 5.21. The summed E-state index contributed by atoms with van der Waals surface area (Å²) in [6.07, 6.45) is 1.56. The molecule has 0 saturated heterocycles. The minimum atomic E-state index is -0.570. The van der Waals surface area contributed by atoms with Gasteiger partial charge in [-0.05, 0) is 55.0 Å². The van der Waals surface area contributed by atoms with Crippen LogP contribution in [0.15, 0.2) is 66.9 Å². The van der Waals surface area contributed by atoms with Gasteiger partial charge in [-0.25, -0.2) is 0 Å². The number of carbonyl (C=O) groups is 1. The van der Waals surface area contributed by atoms with Crippen LogP contribution in [0.4, 0.5) is 11.4 Å². The minimum absolute atomic E-state index is 0.0776. The Bertz CT molecular complexity index is 1520. The van der Waals surface area contributed by atoms with Crippen LogP contribution in [0.1, 0.15) is 15.9 Å². The number of aryl methyl sites for hydroxylation is 1. The molecule has 4 rings (SSSR count). The molecule has 37 heavy (non-hydrogen) atoms. The maximum atomic E-state index is 12.5. The second kappa shape index (κ2) is 10.9. The quantitative estimate of drug-likeness (QED) is 0.188. The lowest BCUT2D eigenvalue weighted by atomic mass is 10.1. The fourth-order valence-electron chi connectivity index (χ4n) is 3.65. The number of amides is 1. The van der Waals surface area contributed by atoms with Crippen molar-refractivity contribution in [2.45, 2.75) is 6.92 Å². The smallest absolute Gasteiger partial charge is 0.296 e. The number of hydrogen-bond donors (Lipinski definition) is 2. The van der Waals surface area contributed by atoms with Crippen LogP contribution in [0.2, 0.25) is 0 Å². The van der Waals surface area contributed by atoms with Gasteiger partial charge in [-0.2, -0.15) is 0 Å². The van der Waals surface area contributed by atoms with Crippen molar-refractivity contribution in [3.8, 4) is 23.0 Å². The maximum Gasteiger partial charge on any atom is 0.296 e. The molecule has 11 heteroatoms. The number of methoxy groups -OCH3 is 2. The van der Waals surface area contributed by atoms with Crippen molar-refractivity contribution in [3.05, 3.63) is 88.1 Å². The number of ether oxygens (including phenoxy) is 3. The molecule has 0 atom stereocenters. The van der Waals surface area contributed by atoms with Crippen molar-refractivity contribution < 1.29 is 23.9 Å². The summed E-state index contributed by atoms with van der Waals surface area (Å²) in [6.45, 7) is 1.80. The number of nitro benzene ring substituents is 1. The molecule has 3 aromatic carbocycles. The van der Waals surface area contributed by atoms with Gasteiger partial charge < -0.3 is 19.5 Å². The van der Waals surface area contributed by atoms with E-state index in [9.17, 15) is 14.9 Å². The number of aromatic nitrogens is 1. The van der Waals surface area contributed by atoms with Crippen molar-refractivity contribution >= 4 is 45.5 Å². The molecule has 0 bridgehead atoms. The van der Waals surface area contributed by atoms with Gasteiger partial charge in [0.2, 0.25) is 0 Å². The summed E-state index contributed by atoms with van der Waals surface area (Å²) in [7, 11) is 3.04. The summed E-state index contributed by atoms with van der Waals surface area (Å²) in [5.74, 6) is 1.21. The second-order valence-corrected chi connectivity index (χ2v) is 8.20. The first-order valence-electron chi connectivity index (χ1n) is 11.0. The van der Waals surface area contributed by atoms with Crippen LogP contribution in [-0.4, -0.2) is 35.1 Å². The SMILES string of the molecule is COc1cc2nccc(Oc3ccc(NC(=S)NC(=O)c4ccccc4C)c([N+](=O)[O-])c3)c2cc1OC. The monoisotopic (exact) mass is 518 g/mol. The van der Waals surface area contributed by atoms with Crippen LogP contribution >= 0.6 is 12.2 Å². The van der Waals surface area contributed by atoms with Crippen molar-refractivity contribution in [2.75, 3.05) is 19.5 Å². The second-order valence-electron chi connectivity index (χ2n) is 7.79. The highest BCUT2D eigenvalue weighted by molar-refractivity contribution is 7.80. The molecule has 0 spiro atoms. The summed E-state index contributed by atoms with van der Waals surface area (Å²) in [6, 6.07) is 16.4. The van der Waals surface area contributed by atoms with Crippen LogP contribution in [0, 0.1) is 17.0 Å². The highest BCUT2D eigenvalue weighted by Crippen LogP contribution is 2.38.